The van der Waals surface area contributed by atoms with Crippen LogP contribution in [-0.4, -0.2) is 46.9 Å². The first-order valence-electron chi connectivity index (χ1n) is 9.17. The van der Waals surface area contributed by atoms with Crippen LogP contribution in [0.5, 0.6) is 0 Å². The molecular weight excluding hydrogens is 427 g/mol. The summed E-state index contributed by atoms with van der Waals surface area (Å²) >= 11 is 5.76. The van der Waals surface area contributed by atoms with Crippen molar-refractivity contribution in [3.8, 4) is 11.3 Å². The number of hydrogen-bond donors (Lipinski definition) is 3. The van der Waals surface area contributed by atoms with Crippen molar-refractivity contribution >= 4 is 23.5 Å². The second-order valence-corrected chi connectivity index (χ2v) is 6.90. The molecule has 3 aromatic heterocycles. The van der Waals surface area contributed by atoms with E-state index in [0.29, 0.717) is 16.8 Å². The average Bonchev–Trinajstić information content (AvgIpc) is 3.27. The van der Waals surface area contributed by atoms with Crippen LogP contribution in [0.2, 0.25) is 5.02 Å². The molecule has 0 saturated heterocycles. The Bertz CT molecular complexity index is 1250. The Morgan fingerprint density at radius 3 is 2.81 bits per heavy atom. The van der Waals surface area contributed by atoms with Crippen LogP contribution in [0.1, 0.15) is 18.0 Å². The minimum absolute atomic E-state index is 0.0109. The molecular formula is C19H16ClFN8O2. The van der Waals surface area contributed by atoms with E-state index in [0.717, 1.165) is 0 Å². The van der Waals surface area contributed by atoms with Gasteiger partial charge in [-0.25, -0.2) is 14.4 Å². The molecule has 10 nitrogen and oxygen atoms in total. The highest BCUT2D eigenvalue weighted by atomic mass is 35.5. The summed E-state index contributed by atoms with van der Waals surface area (Å²) in [5, 5.41) is 25.5. The largest absolute Gasteiger partial charge is 0.396 e. The lowest BCUT2D eigenvalue weighted by Gasteiger charge is -2.20. The normalized spacial score (nSPS) is 12.0. The van der Waals surface area contributed by atoms with Crippen molar-refractivity contribution in [1.82, 2.24) is 35.2 Å². The van der Waals surface area contributed by atoms with Crippen LogP contribution in [0, 0.1) is 5.82 Å². The van der Waals surface area contributed by atoms with Crippen molar-refractivity contribution in [2.45, 2.75) is 12.5 Å². The molecule has 0 aliphatic carbocycles. The van der Waals surface area contributed by atoms with Gasteiger partial charge in [0.25, 0.3) is 11.5 Å². The summed E-state index contributed by atoms with van der Waals surface area (Å²) in [4.78, 5) is 21.3. The van der Waals surface area contributed by atoms with E-state index in [-0.39, 0.29) is 35.5 Å². The van der Waals surface area contributed by atoms with Gasteiger partial charge in [0.05, 0.1) is 16.8 Å². The Morgan fingerprint density at radius 1 is 1.23 bits per heavy atom. The van der Waals surface area contributed by atoms with Crippen LogP contribution in [0.15, 0.2) is 53.6 Å². The molecule has 0 spiro atoms. The summed E-state index contributed by atoms with van der Waals surface area (Å²) in [6.07, 6.45) is 3.34. The molecule has 0 saturated carbocycles. The van der Waals surface area contributed by atoms with Gasteiger partial charge in [-0.15, -0.1) is 5.10 Å². The van der Waals surface area contributed by atoms with Crippen molar-refractivity contribution in [3.63, 3.8) is 0 Å². The molecule has 0 fully saturated rings. The van der Waals surface area contributed by atoms with Gasteiger partial charge in [0.1, 0.15) is 5.82 Å². The van der Waals surface area contributed by atoms with E-state index < -0.39 is 11.9 Å². The quantitative estimate of drug-likeness (QED) is 0.397. The van der Waals surface area contributed by atoms with Gasteiger partial charge in [0, 0.05) is 30.6 Å². The standard InChI is InChI=1S/C19H16ClFN8O2/c20-13-2-1-12(9-14(13)21)16(5-8-30)29-7-4-11(10-17(29)31)15-3-6-22-18(23-15)24-19-25-27-28-26-19/h1-4,6-7,9-10,16,30H,5,8H2,(H2,22,23,24,25,26,27,28)/t16-/m1/s1. The lowest BCUT2D eigenvalue weighted by atomic mass is 10.0. The third-order valence-electron chi connectivity index (χ3n) is 4.54. The van der Waals surface area contributed by atoms with E-state index >= 15 is 0 Å². The first-order chi connectivity index (χ1) is 15.0. The molecule has 0 bridgehead atoms. The zero-order valence-corrected chi connectivity index (χ0v) is 16.7. The maximum atomic E-state index is 13.9. The number of benzene rings is 1. The molecule has 0 aliphatic heterocycles. The Labute approximate surface area is 179 Å². The summed E-state index contributed by atoms with van der Waals surface area (Å²) in [7, 11) is 0. The van der Waals surface area contributed by atoms with E-state index in [1.165, 1.54) is 29.0 Å². The fourth-order valence-electron chi connectivity index (χ4n) is 3.11. The van der Waals surface area contributed by atoms with Gasteiger partial charge in [0.15, 0.2) is 0 Å². The maximum absolute atomic E-state index is 13.9. The van der Waals surface area contributed by atoms with Crippen LogP contribution in [0.25, 0.3) is 11.3 Å². The van der Waals surface area contributed by atoms with E-state index in [9.17, 15) is 14.3 Å². The number of aliphatic hydroxyl groups excluding tert-OH is 1. The van der Waals surface area contributed by atoms with Gasteiger partial charge in [-0.05, 0) is 41.5 Å². The van der Waals surface area contributed by atoms with E-state index in [4.69, 9.17) is 11.6 Å². The van der Waals surface area contributed by atoms with Crippen molar-refractivity contribution in [3.05, 3.63) is 75.5 Å². The number of pyridine rings is 1. The molecule has 158 valence electrons. The number of aromatic amines is 1. The van der Waals surface area contributed by atoms with Gasteiger partial charge in [-0.3, -0.25) is 10.1 Å². The molecule has 31 heavy (non-hydrogen) atoms. The smallest absolute Gasteiger partial charge is 0.269 e. The fraction of sp³-hybridized carbons (Fsp3) is 0.158. The second kappa shape index (κ2) is 8.98. The summed E-state index contributed by atoms with van der Waals surface area (Å²) in [5.74, 6) is -0.151. The monoisotopic (exact) mass is 442 g/mol. The van der Waals surface area contributed by atoms with Crippen LogP contribution in [0.3, 0.4) is 0 Å². The number of nitrogens with one attached hydrogen (secondary N) is 2. The number of anilines is 2. The SMILES string of the molecule is O=c1cc(-c2ccnc(Nc3nn[nH]n3)n2)ccn1[C@H](CCO)c1ccc(Cl)c(F)c1. The highest BCUT2D eigenvalue weighted by molar-refractivity contribution is 6.30. The first-order valence-corrected chi connectivity index (χ1v) is 9.55. The second-order valence-electron chi connectivity index (χ2n) is 6.49. The lowest BCUT2D eigenvalue weighted by Crippen LogP contribution is -2.25. The molecule has 1 aromatic carbocycles. The Hall–Kier alpha value is -3.70. The summed E-state index contributed by atoms with van der Waals surface area (Å²) in [6.45, 7) is -0.180. The number of rotatable bonds is 7. The number of hydrogen-bond acceptors (Lipinski definition) is 8. The summed E-state index contributed by atoms with van der Waals surface area (Å²) in [6, 6.07) is 8.54. The van der Waals surface area contributed by atoms with Gasteiger partial charge < -0.3 is 9.67 Å². The molecule has 3 heterocycles. The summed E-state index contributed by atoms with van der Waals surface area (Å²) < 4.78 is 15.4. The third kappa shape index (κ3) is 4.57. The van der Waals surface area contributed by atoms with Crippen molar-refractivity contribution in [2.75, 3.05) is 11.9 Å². The molecule has 1 atom stereocenters. The number of aromatic nitrogens is 7. The third-order valence-corrected chi connectivity index (χ3v) is 4.84. The minimum atomic E-state index is -0.589. The van der Waals surface area contributed by atoms with Crippen molar-refractivity contribution in [2.24, 2.45) is 0 Å². The number of nitrogens with zero attached hydrogens (tertiary/aromatic N) is 6. The predicted octanol–water partition coefficient (Wildman–Crippen LogP) is 2.33. The molecule has 3 N–H and O–H groups in total. The Balaban J connectivity index is 1.65. The molecule has 0 radical (unpaired) electrons. The van der Waals surface area contributed by atoms with E-state index in [2.05, 4.69) is 35.9 Å². The minimum Gasteiger partial charge on any atom is -0.396 e. The van der Waals surface area contributed by atoms with Crippen LogP contribution < -0.4 is 10.9 Å². The fourth-order valence-corrected chi connectivity index (χ4v) is 3.23. The lowest BCUT2D eigenvalue weighted by molar-refractivity contribution is 0.266. The number of aliphatic hydroxyl groups is 1. The molecule has 0 amide bonds. The topological polar surface area (TPSA) is 134 Å². The molecule has 4 rings (SSSR count). The molecule has 0 aliphatic rings. The predicted molar refractivity (Wildman–Crippen MR) is 110 cm³/mol. The molecule has 12 heteroatoms. The number of tetrazole rings is 1. The molecule has 0 unspecified atom stereocenters. The van der Waals surface area contributed by atoms with Gasteiger partial charge in [-0.1, -0.05) is 22.8 Å². The van der Waals surface area contributed by atoms with E-state index in [1.54, 1.807) is 24.4 Å². The van der Waals surface area contributed by atoms with Gasteiger partial charge >= 0.3 is 0 Å². The molecule has 4 aromatic rings. The average molecular weight is 443 g/mol. The van der Waals surface area contributed by atoms with Crippen LogP contribution >= 0.6 is 11.6 Å². The van der Waals surface area contributed by atoms with Crippen molar-refractivity contribution < 1.29 is 9.50 Å². The number of H-pyrrole nitrogens is 1. The highest BCUT2D eigenvalue weighted by Crippen LogP contribution is 2.25. The first kappa shape index (κ1) is 20.6. The zero-order valence-electron chi connectivity index (χ0n) is 15.9. The van der Waals surface area contributed by atoms with Gasteiger partial charge in [-0.2, -0.15) is 5.21 Å². The zero-order chi connectivity index (χ0) is 21.8. The van der Waals surface area contributed by atoms with Crippen LogP contribution in [-0.2, 0) is 0 Å². The van der Waals surface area contributed by atoms with E-state index in [1.807, 2.05) is 0 Å². The Morgan fingerprint density at radius 2 is 2.10 bits per heavy atom. The van der Waals surface area contributed by atoms with Gasteiger partial charge in [0.2, 0.25) is 5.95 Å². The van der Waals surface area contributed by atoms with Crippen LogP contribution in [0.4, 0.5) is 16.3 Å². The maximum Gasteiger partial charge on any atom is 0.269 e. The highest BCUT2D eigenvalue weighted by Gasteiger charge is 2.17. The Kier molecular flexibility index (Phi) is 5.96. The number of halogens is 2. The van der Waals surface area contributed by atoms with Crippen molar-refractivity contribution in [1.29, 1.82) is 0 Å². The summed E-state index contributed by atoms with van der Waals surface area (Å²) in [5.41, 5.74) is 1.25.